The van der Waals surface area contributed by atoms with E-state index in [0.717, 1.165) is 44.1 Å². The van der Waals surface area contributed by atoms with Crippen LogP contribution in [0.25, 0.3) is 5.69 Å². The van der Waals surface area contributed by atoms with Crippen LogP contribution in [-0.2, 0) is 15.9 Å². The number of guanidine groups is 1. The Hall–Kier alpha value is -1.65. The molecule has 0 aliphatic heterocycles. The predicted molar refractivity (Wildman–Crippen MR) is 124 cm³/mol. The lowest BCUT2D eigenvalue weighted by atomic mass is 10.2. The number of hydrogen-bond donors (Lipinski definition) is 2. The van der Waals surface area contributed by atoms with Crippen LogP contribution in [0.15, 0.2) is 47.7 Å². The minimum Gasteiger partial charge on any atom is -0.382 e. The summed E-state index contributed by atoms with van der Waals surface area (Å²) in [5.41, 5.74) is 2.26. The third-order valence-corrected chi connectivity index (χ3v) is 3.86. The van der Waals surface area contributed by atoms with Crippen LogP contribution in [-0.4, -0.2) is 62.3 Å². The highest BCUT2D eigenvalue weighted by atomic mass is 127. The number of benzene rings is 1. The molecule has 2 aromatic rings. The van der Waals surface area contributed by atoms with Crippen molar-refractivity contribution in [1.82, 2.24) is 20.4 Å². The fraction of sp³-hybridized carbons (Fsp3) is 0.500. The number of rotatable bonds is 12. The Balaban J connectivity index is 0.00000392. The number of aliphatic imine (C=N–C) groups is 1. The molecule has 1 aromatic carbocycles. The summed E-state index contributed by atoms with van der Waals surface area (Å²) in [5, 5.41) is 11.1. The molecule has 2 rings (SSSR count). The maximum absolute atomic E-state index is 5.45. The molecule has 0 radical (unpaired) electrons. The maximum Gasteiger partial charge on any atom is 0.191 e. The fourth-order valence-corrected chi connectivity index (χ4v) is 2.48. The summed E-state index contributed by atoms with van der Waals surface area (Å²) in [7, 11) is 1.68. The normalized spacial score (nSPS) is 11.1. The molecular formula is C20H32IN5O2. The molecule has 8 heteroatoms. The Morgan fingerprint density at radius 2 is 1.96 bits per heavy atom. The van der Waals surface area contributed by atoms with Gasteiger partial charge in [-0.1, -0.05) is 18.2 Å². The molecule has 1 heterocycles. The lowest BCUT2D eigenvalue weighted by Crippen LogP contribution is -2.38. The van der Waals surface area contributed by atoms with Crippen LogP contribution in [0.3, 0.4) is 0 Å². The maximum atomic E-state index is 5.45. The molecule has 0 atom stereocenters. The van der Waals surface area contributed by atoms with Gasteiger partial charge in [-0.25, -0.2) is 4.68 Å². The van der Waals surface area contributed by atoms with Crippen molar-refractivity contribution < 1.29 is 9.47 Å². The van der Waals surface area contributed by atoms with Gasteiger partial charge in [0.1, 0.15) is 0 Å². The van der Waals surface area contributed by atoms with E-state index in [1.165, 1.54) is 5.56 Å². The van der Waals surface area contributed by atoms with Crippen molar-refractivity contribution in [1.29, 1.82) is 0 Å². The van der Waals surface area contributed by atoms with Crippen molar-refractivity contribution in [3.8, 4) is 5.69 Å². The van der Waals surface area contributed by atoms with E-state index in [2.05, 4.69) is 33.8 Å². The zero-order chi connectivity index (χ0) is 19.2. The standard InChI is InChI=1S/C20H31N5O2.HI/c1-3-21-20(22-11-7-13-27-15-14-26-2)23-12-10-18-16-24-25(17-18)19-8-5-4-6-9-19;/h4-6,8-9,16-17H,3,7,10-15H2,1-2H3,(H2,21,22,23);1H. The molecule has 0 unspecified atom stereocenters. The lowest BCUT2D eigenvalue weighted by molar-refractivity contribution is 0.0702. The van der Waals surface area contributed by atoms with E-state index in [9.17, 15) is 0 Å². The average molecular weight is 501 g/mol. The van der Waals surface area contributed by atoms with Gasteiger partial charge in [0.25, 0.3) is 0 Å². The molecule has 0 spiro atoms. The Morgan fingerprint density at radius 1 is 1.14 bits per heavy atom. The van der Waals surface area contributed by atoms with E-state index in [1.54, 1.807) is 7.11 Å². The van der Waals surface area contributed by atoms with Gasteiger partial charge in [0.05, 0.1) is 25.1 Å². The summed E-state index contributed by atoms with van der Waals surface area (Å²) in [6, 6.07) is 10.1. The van der Waals surface area contributed by atoms with Crippen LogP contribution in [0.1, 0.15) is 18.9 Å². The van der Waals surface area contributed by atoms with Gasteiger partial charge in [0.2, 0.25) is 0 Å². The van der Waals surface area contributed by atoms with Gasteiger partial charge < -0.3 is 20.1 Å². The predicted octanol–water partition coefficient (Wildman–Crippen LogP) is 2.64. The topological polar surface area (TPSA) is 72.7 Å². The van der Waals surface area contributed by atoms with Gasteiger partial charge in [-0.3, -0.25) is 4.99 Å². The molecule has 0 bridgehead atoms. The van der Waals surface area contributed by atoms with E-state index in [0.29, 0.717) is 19.8 Å². The van der Waals surface area contributed by atoms with Gasteiger partial charge in [-0.15, -0.1) is 24.0 Å². The summed E-state index contributed by atoms with van der Waals surface area (Å²) in [5.74, 6) is 0.838. The molecule has 156 valence electrons. The first-order chi connectivity index (χ1) is 13.3. The Morgan fingerprint density at radius 3 is 2.71 bits per heavy atom. The highest BCUT2D eigenvalue weighted by Gasteiger charge is 2.02. The fourth-order valence-electron chi connectivity index (χ4n) is 2.48. The second kappa shape index (κ2) is 15.3. The number of halogens is 1. The second-order valence-electron chi connectivity index (χ2n) is 6.02. The summed E-state index contributed by atoms with van der Waals surface area (Å²) < 4.78 is 12.3. The molecule has 0 aliphatic carbocycles. The van der Waals surface area contributed by atoms with Crippen LogP contribution in [0.4, 0.5) is 0 Å². The number of ether oxygens (including phenoxy) is 2. The summed E-state index contributed by atoms with van der Waals surface area (Å²) in [6.07, 6.45) is 5.76. The molecule has 0 saturated heterocycles. The van der Waals surface area contributed by atoms with Gasteiger partial charge >= 0.3 is 0 Å². The van der Waals surface area contributed by atoms with Crippen molar-refractivity contribution in [2.24, 2.45) is 4.99 Å². The summed E-state index contributed by atoms with van der Waals surface area (Å²) in [4.78, 5) is 4.58. The first-order valence-electron chi connectivity index (χ1n) is 9.51. The highest BCUT2D eigenvalue weighted by Crippen LogP contribution is 2.07. The van der Waals surface area contributed by atoms with Crippen molar-refractivity contribution in [3.05, 3.63) is 48.3 Å². The van der Waals surface area contributed by atoms with Crippen LogP contribution in [0.2, 0.25) is 0 Å². The van der Waals surface area contributed by atoms with Gasteiger partial charge in [0.15, 0.2) is 5.96 Å². The SMILES string of the molecule is CCNC(=NCCCOCCOC)NCCc1cnn(-c2ccccc2)c1.I. The van der Waals surface area contributed by atoms with Gasteiger partial charge in [-0.2, -0.15) is 5.10 Å². The molecule has 2 N–H and O–H groups in total. The number of nitrogens with one attached hydrogen (secondary N) is 2. The minimum absolute atomic E-state index is 0. The zero-order valence-electron chi connectivity index (χ0n) is 16.8. The number of hydrogen-bond acceptors (Lipinski definition) is 4. The van der Waals surface area contributed by atoms with E-state index < -0.39 is 0 Å². The Bertz CT molecular complexity index is 664. The molecule has 1 aromatic heterocycles. The van der Waals surface area contributed by atoms with Crippen LogP contribution in [0, 0.1) is 0 Å². The van der Waals surface area contributed by atoms with Crippen molar-refractivity contribution >= 4 is 29.9 Å². The average Bonchev–Trinajstić information content (AvgIpc) is 3.17. The molecule has 0 aliphatic rings. The largest absolute Gasteiger partial charge is 0.382 e. The lowest BCUT2D eigenvalue weighted by Gasteiger charge is -2.10. The number of nitrogens with zero attached hydrogens (tertiary/aromatic N) is 3. The quantitative estimate of drug-likeness (QED) is 0.203. The molecule has 28 heavy (non-hydrogen) atoms. The van der Waals surface area contributed by atoms with Crippen LogP contribution >= 0.6 is 24.0 Å². The minimum atomic E-state index is 0. The Kier molecular flexibility index (Phi) is 13.3. The Labute approximate surface area is 184 Å². The second-order valence-corrected chi connectivity index (χ2v) is 6.02. The van der Waals surface area contributed by atoms with E-state index in [-0.39, 0.29) is 24.0 Å². The third-order valence-electron chi connectivity index (χ3n) is 3.86. The van der Waals surface area contributed by atoms with E-state index >= 15 is 0 Å². The first-order valence-corrected chi connectivity index (χ1v) is 9.51. The van der Waals surface area contributed by atoms with Crippen molar-refractivity contribution in [3.63, 3.8) is 0 Å². The van der Waals surface area contributed by atoms with Gasteiger partial charge in [-0.05, 0) is 37.5 Å². The smallest absolute Gasteiger partial charge is 0.191 e. The summed E-state index contributed by atoms with van der Waals surface area (Å²) in [6.45, 7) is 6.40. The number of para-hydroxylation sites is 1. The molecule has 0 saturated carbocycles. The first kappa shape index (κ1) is 24.4. The zero-order valence-corrected chi connectivity index (χ0v) is 19.1. The van der Waals surface area contributed by atoms with Crippen LogP contribution < -0.4 is 10.6 Å². The van der Waals surface area contributed by atoms with Crippen molar-refractivity contribution in [2.75, 3.05) is 46.6 Å². The number of methoxy groups -OCH3 is 1. The van der Waals surface area contributed by atoms with E-state index in [4.69, 9.17) is 9.47 Å². The molecular weight excluding hydrogens is 469 g/mol. The third kappa shape index (κ3) is 9.52. The molecule has 0 amide bonds. The molecule has 7 nitrogen and oxygen atoms in total. The molecule has 0 fully saturated rings. The summed E-state index contributed by atoms with van der Waals surface area (Å²) >= 11 is 0. The highest BCUT2D eigenvalue weighted by molar-refractivity contribution is 14.0. The number of aromatic nitrogens is 2. The monoisotopic (exact) mass is 501 g/mol. The van der Waals surface area contributed by atoms with Crippen molar-refractivity contribution in [2.45, 2.75) is 19.8 Å². The van der Waals surface area contributed by atoms with E-state index in [1.807, 2.05) is 41.2 Å². The van der Waals surface area contributed by atoms with Crippen LogP contribution in [0.5, 0.6) is 0 Å². The van der Waals surface area contributed by atoms with Gasteiger partial charge in [0, 0.05) is 39.5 Å².